The summed E-state index contributed by atoms with van der Waals surface area (Å²) in [4.78, 5) is 11.9. The Morgan fingerprint density at radius 3 is 2.61 bits per heavy atom. The van der Waals surface area contributed by atoms with Gasteiger partial charge in [-0.25, -0.2) is 4.39 Å². The van der Waals surface area contributed by atoms with Crippen LogP contribution in [0.2, 0.25) is 0 Å². The van der Waals surface area contributed by atoms with Gasteiger partial charge in [0.25, 0.3) is 0 Å². The number of hydrogen-bond donors (Lipinski definition) is 1. The topological polar surface area (TPSA) is 82.1 Å². The van der Waals surface area contributed by atoms with Gasteiger partial charge in [0.05, 0.1) is 17.2 Å². The van der Waals surface area contributed by atoms with Crippen molar-refractivity contribution >= 4 is 16.7 Å². The van der Waals surface area contributed by atoms with Gasteiger partial charge in [-0.15, -0.1) is 0 Å². The van der Waals surface area contributed by atoms with E-state index in [1.54, 1.807) is 21.9 Å². The predicted octanol–water partition coefficient (Wildman–Crippen LogP) is 2.88. The molecule has 2 fully saturated rings. The van der Waals surface area contributed by atoms with Crippen molar-refractivity contribution in [1.82, 2.24) is 14.9 Å². The van der Waals surface area contributed by atoms with Crippen molar-refractivity contribution < 1.29 is 17.6 Å². The van der Waals surface area contributed by atoms with E-state index in [1.807, 2.05) is 6.07 Å². The fraction of sp³-hybridized carbons (Fsp3) is 0.571. The predicted molar refractivity (Wildman–Crippen MR) is 108 cm³/mol. The number of nitriles is 1. The molecule has 0 aliphatic carbocycles. The molecular formula is C21H24F4N6. The van der Waals surface area contributed by atoms with Crippen molar-refractivity contribution in [2.75, 3.05) is 44.2 Å². The standard InChI is InChI=1S/C21H24F4N6/c22-20(12-27)4-1-7-30(13-20)9-15-10-31(11-16(15)21(23,24)25)17-3-2-14(8-26)18-19(17)29-6-5-28-18/h2-3,5-6,15-16H,1,4,7,9-13,27H2/t15-,16-,20?/m0/s1. The maximum atomic E-state index is 14.7. The molecule has 0 saturated carbocycles. The van der Waals surface area contributed by atoms with Crippen LogP contribution in [0.5, 0.6) is 0 Å². The van der Waals surface area contributed by atoms with E-state index in [9.17, 15) is 22.8 Å². The van der Waals surface area contributed by atoms with Crippen molar-refractivity contribution in [2.24, 2.45) is 17.6 Å². The highest BCUT2D eigenvalue weighted by Gasteiger charge is 2.50. The lowest BCUT2D eigenvalue weighted by Crippen LogP contribution is -2.51. The number of nitrogens with zero attached hydrogens (tertiary/aromatic N) is 5. The summed E-state index contributed by atoms with van der Waals surface area (Å²) in [5.41, 5.74) is 5.65. The van der Waals surface area contributed by atoms with Crippen LogP contribution in [0, 0.1) is 23.2 Å². The third kappa shape index (κ3) is 4.29. The Morgan fingerprint density at radius 2 is 1.94 bits per heavy atom. The van der Waals surface area contributed by atoms with Gasteiger partial charge in [0.15, 0.2) is 0 Å². The SMILES string of the molecule is N#Cc1ccc(N2C[C@H](CN3CCCC(F)(CN)C3)[C@@H](C(F)(F)F)C2)c2nccnc12. The van der Waals surface area contributed by atoms with E-state index in [0.717, 1.165) is 0 Å². The quantitative estimate of drug-likeness (QED) is 0.743. The Labute approximate surface area is 177 Å². The van der Waals surface area contributed by atoms with E-state index in [2.05, 4.69) is 9.97 Å². The molecule has 0 radical (unpaired) electrons. The molecule has 3 atom stereocenters. The van der Waals surface area contributed by atoms with Crippen molar-refractivity contribution in [3.63, 3.8) is 0 Å². The van der Waals surface area contributed by atoms with Crippen LogP contribution in [0.1, 0.15) is 18.4 Å². The number of alkyl halides is 4. The maximum absolute atomic E-state index is 14.7. The number of halogens is 4. The lowest BCUT2D eigenvalue weighted by Gasteiger charge is -2.38. The van der Waals surface area contributed by atoms with Gasteiger partial charge in [0.1, 0.15) is 22.8 Å². The van der Waals surface area contributed by atoms with E-state index in [0.29, 0.717) is 41.7 Å². The van der Waals surface area contributed by atoms with Gasteiger partial charge in [-0.3, -0.25) is 14.9 Å². The number of anilines is 1. The number of nitrogens with two attached hydrogens (primary N) is 1. The largest absolute Gasteiger partial charge is 0.393 e. The summed E-state index contributed by atoms with van der Waals surface area (Å²) in [5, 5.41) is 9.30. The average molecular weight is 436 g/mol. The minimum atomic E-state index is -4.37. The molecular weight excluding hydrogens is 412 g/mol. The van der Waals surface area contributed by atoms with Crippen LogP contribution >= 0.6 is 0 Å². The first-order chi connectivity index (χ1) is 14.7. The highest BCUT2D eigenvalue weighted by molar-refractivity contribution is 5.92. The van der Waals surface area contributed by atoms with Gasteiger partial charge in [-0.2, -0.15) is 18.4 Å². The minimum absolute atomic E-state index is 0.0653. The zero-order valence-corrected chi connectivity index (χ0v) is 16.9. The summed E-state index contributed by atoms with van der Waals surface area (Å²) < 4.78 is 56.4. The highest BCUT2D eigenvalue weighted by atomic mass is 19.4. The number of likely N-dealkylation sites (tertiary alicyclic amines) is 1. The number of rotatable bonds is 4. The first-order valence-electron chi connectivity index (χ1n) is 10.3. The summed E-state index contributed by atoms with van der Waals surface area (Å²) in [6.07, 6.45) is -0.533. The molecule has 0 bridgehead atoms. The van der Waals surface area contributed by atoms with Crippen molar-refractivity contribution in [3.8, 4) is 6.07 Å². The number of aromatic nitrogens is 2. The molecule has 1 aromatic carbocycles. The monoisotopic (exact) mass is 436 g/mol. The lowest BCUT2D eigenvalue weighted by atomic mass is 9.91. The molecule has 0 amide bonds. The summed E-state index contributed by atoms with van der Waals surface area (Å²) >= 11 is 0. The average Bonchev–Trinajstić information content (AvgIpc) is 3.17. The number of hydrogen-bond acceptors (Lipinski definition) is 6. The fourth-order valence-corrected chi connectivity index (χ4v) is 4.84. The Kier molecular flexibility index (Phi) is 5.75. The number of piperidine rings is 1. The van der Waals surface area contributed by atoms with Gasteiger partial charge in [-0.05, 0) is 31.5 Å². The molecule has 2 aromatic rings. The fourth-order valence-electron chi connectivity index (χ4n) is 4.84. The molecule has 31 heavy (non-hydrogen) atoms. The van der Waals surface area contributed by atoms with Crippen molar-refractivity contribution in [3.05, 3.63) is 30.1 Å². The molecule has 0 spiro atoms. The Morgan fingerprint density at radius 1 is 1.19 bits per heavy atom. The van der Waals surface area contributed by atoms with Crippen LogP contribution in [-0.2, 0) is 0 Å². The second-order valence-electron chi connectivity index (χ2n) is 8.50. The molecule has 2 saturated heterocycles. The molecule has 6 nitrogen and oxygen atoms in total. The van der Waals surface area contributed by atoms with E-state index >= 15 is 0 Å². The summed E-state index contributed by atoms with van der Waals surface area (Å²) in [7, 11) is 0. The van der Waals surface area contributed by atoms with Crippen molar-refractivity contribution in [2.45, 2.75) is 24.7 Å². The summed E-state index contributed by atoms with van der Waals surface area (Å²) in [5.74, 6) is -2.24. The first-order valence-corrected chi connectivity index (χ1v) is 10.3. The highest BCUT2D eigenvalue weighted by Crippen LogP contribution is 2.41. The van der Waals surface area contributed by atoms with Crippen LogP contribution in [0.4, 0.5) is 23.2 Å². The molecule has 4 rings (SSSR count). The van der Waals surface area contributed by atoms with Crippen LogP contribution in [-0.4, -0.2) is 66.0 Å². The van der Waals surface area contributed by atoms with Gasteiger partial charge in [0, 0.05) is 51.0 Å². The Bertz CT molecular complexity index is 990. The van der Waals surface area contributed by atoms with E-state index in [1.165, 1.54) is 12.4 Å². The molecule has 2 aliphatic heterocycles. The van der Waals surface area contributed by atoms with Crippen LogP contribution < -0.4 is 10.6 Å². The number of benzene rings is 1. The second kappa shape index (κ2) is 8.20. The summed E-state index contributed by atoms with van der Waals surface area (Å²) in [6.45, 7) is 0.621. The molecule has 166 valence electrons. The van der Waals surface area contributed by atoms with E-state index in [-0.39, 0.29) is 32.7 Å². The Hall–Kier alpha value is -2.51. The van der Waals surface area contributed by atoms with Gasteiger partial charge < -0.3 is 10.6 Å². The smallest absolute Gasteiger partial charge is 0.369 e. The Balaban J connectivity index is 1.61. The molecule has 1 unspecified atom stereocenters. The van der Waals surface area contributed by atoms with Gasteiger partial charge in [-0.1, -0.05) is 0 Å². The zero-order chi connectivity index (χ0) is 22.2. The van der Waals surface area contributed by atoms with Gasteiger partial charge >= 0.3 is 6.18 Å². The van der Waals surface area contributed by atoms with E-state index in [4.69, 9.17) is 5.73 Å². The van der Waals surface area contributed by atoms with Crippen LogP contribution in [0.3, 0.4) is 0 Å². The molecule has 3 heterocycles. The third-order valence-corrected chi connectivity index (χ3v) is 6.39. The molecule has 1 aromatic heterocycles. The number of fused-ring (bicyclic) bond motifs is 1. The zero-order valence-electron chi connectivity index (χ0n) is 16.9. The minimum Gasteiger partial charge on any atom is -0.369 e. The van der Waals surface area contributed by atoms with Crippen LogP contribution in [0.25, 0.3) is 11.0 Å². The van der Waals surface area contributed by atoms with Crippen molar-refractivity contribution in [1.29, 1.82) is 5.26 Å². The third-order valence-electron chi connectivity index (χ3n) is 6.39. The summed E-state index contributed by atoms with van der Waals surface area (Å²) in [6, 6.07) is 5.24. The van der Waals surface area contributed by atoms with Gasteiger partial charge in [0.2, 0.25) is 0 Å². The molecule has 2 N–H and O–H groups in total. The second-order valence-corrected chi connectivity index (χ2v) is 8.50. The normalized spacial score (nSPS) is 27.5. The van der Waals surface area contributed by atoms with Crippen LogP contribution in [0.15, 0.2) is 24.5 Å². The lowest BCUT2D eigenvalue weighted by molar-refractivity contribution is -0.180. The maximum Gasteiger partial charge on any atom is 0.393 e. The first kappa shape index (κ1) is 21.7. The molecule has 2 aliphatic rings. The molecule has 10 heteroatoms. The van der Waals surface area contributed by atoms with E-state index < -0.39 is 23.7 Å².